The molecule has 0 aromatic carbocycles. The van der Waals surface area contributed by atoms with Gasteiger partial charge in [-0.1, -0.05) is 6.08 Å². The van der Waals surface area contributed by atoms with Crippen molar-refractivity contribution in [3.05, 3.63) is 12.7 Å². The van der Waals surface area contributed by atoms with E-state index in [0.29, 0.717) is 6.54 Å². The van der Waals surface area contributed by atoms with Crippen molar-refractivity contribution in [1.82, 2.24) is 10.8 Å². The number of carbonyl (C=O) groups is 1. The minimum Gasteiger partial charge on any atom is -0.333 e. The van der Waals surface area contributed by atoms with Gasteiger partial charge in [-0.05, 0) is 0 Å². The van der Waals surface area contributed by atoms with Gasteiger partial charge >= 0.3 is 6.03 Å². The molecule has 0 aliphatic carbocycles. The summed E-state index contributed by atoms with van der Waals surface area (Å²) in [4.78, 5) is 10.1. The Labute approximate surface area is 47.2 Å². The maximum atomic E-state index is 10.1. The highest BCUT2D eigenvalue weighted by Gasteiger charge is 1.89. The van der Waals surface area contributed by atoms with Crippen molar-refractivity contribution in [2.45, 2.75) is 0 Å². The summed E-state index contributed by atoms with van der Waals surface area (Å²) in [7, 11) is 0. The Hall–Kier alpha value is -1.03. The van der Waals surface area contributed by atoms with E-state index in [1.165, 1.54) is 11.6 Å². The molecule has 0 aromatic rings. The first kappa shape index (κ1) is 6.97. The molecule has 2 amide bonds. The molecule has 0 bridgehead atoms. The lowest BCUT2D eigenvalue weighted by Crippen LogP contribution is -2.32. The van der Waals surface area contributed by atoms with Crippen LogP contribution in [-0.2, 0) is 0 Å². The molecule has 0 saturated carbocycles. The van der Waals surface area contributed by atoms with E-state index in [1.54, 1.807) is 0 Å². The van der Waals surface area contributed by atoms with Gasteiger partial charge in [-0.15, -0.1) is 6.58 Å². The standard InChI is InChI=1S/C4H8N2O2/c1-2-3-5-4(7)6-8/h2,8H,1,3H2,(H2,5,6,7). The predicted octanol–water partition coefficient (Wildman–Crippen LogP) is -0.139. The Morgan fingerprint density at radius 2 is 2.50 bits per heavy atom. The molecular weight excluding hydrogens is 108 g/mol. The zero-order chi connectivity index (χ0) is 6.41. The van der Waals surface area contributed by atoms with Crippen LogP contribution >= 0.6 is 0 Å². The first-order chi connectivity index (χ1) is 3.81. The maximum Gasteiger partial charge on any atom is 0.338 e. The number of hydrogen-bond acceptors (Lipinski definition) is 2. The molecule has 8 heavy (non-hydrogen) atoms. The zero-order valence-electron chi connectivity index (χ0n) is 4.35. The second-order valence-electron chi connectivity index (χ2n) is 1.11. The first-order valence-electron chi connectivity index (χ1n) is 2.10. The zero-order valence-corrected chi connectivity index (χ0v) is 4.35. The van der Waals surface area contributed by atoms with Crippen LogP contribution in [0.1, 0.15) is 0 Å². The molecule has 0 spiro atoms. The second kappa shape index (κ2) is 4.14. The fourth-order valence-electron chi connectivity index (χ4n) is 0.204. The molecule has 0 fully saturated rings. The molecule has 0 rings (SSSR count). The average molecular weight is 116 g/mol. The number of nitrogens with one attached hydrogen (secondary N) is 2. The summed E-state index contributed by atoms with van der Waals surface area (Å²) in [5.74, 6) is 0. The van der Waals surface area contributed by atoms with Gasteiger partial charge in [0.1, 0.15) is 0 Å². The summed E-state index contributed by atoms with van der Waals surface area (Å²) < 4.78 is 0. The molecule has 4 nitrogen and oxygen atoms in total. The first-order valence-corrected chi connectivity index (χ1v) is 2.10. The summed E-state index contributed by atoms with van der Waals surface area (Å²) in [5, 5.41) is 10.1. The molecule has 46 valence electrons. The van der Waals surface area contributed by atoms with Gasteiger partial charge in [0.25, 0.3) is 0 Å². The highest BCUT2D eigenvalue weighted by Crippen LogP contribution is 1.60. The molecule has 0 aliphatic rings. The maximum absolute atomic E-state index is 10.1. The summed E-state index contributed by atoms with van der Waals surface area (Å²) in [6, 6.07) is -0.620. The Bertz CT molecular complexity index is 92.0. The third-order valence-electron chi connectivity index (χ3n) is 0.509. The van der Waals surface area contributed by atoms with E-state index in [4.69, 9.17) is 5.21 Å². The van der Waals surface area contributed by atoms with Crippen LogP contribution in [-0.4, -0.2) is 17.8 Å². The van der Waals surface area contributed by atoms with Crippen LogP contribution in [0.4, 0.5) is 4.79 Å². The van der Waals surface area contributed by atoms with Crippen LogP contribution in [0.3, 0.4) is 0 Å². The lowest BCUT2D eigenvalue weighted by molar-refractivity contribution is 0.162. The Morgan fingerprint density at radius 3 is 2.88 bits per heavy atom. The lowest BCUT2D eigenvalue weighted by Gasteiger charge is -1.95. The molecule has 0 unspecified atom stereocenters. The predicted molar refractivity (Wildman–Crippen MR) is 28.5 cm³/mol. The van der Waals surface area contributed by atoms with Crippen LogP contribution < -0.4 is 10.8 Å². The third kappa shape index (κ3) is 3.17. The number of hydroxylamine groups is 1. The summed E-state index contributed by atoms with van der Waals surface area (Å²) in [6.45, 7) is 3.70. The van der Waals surface area contributed by atoms with Gasteiger partial charge in [0.2, 0.25) is 0 Å². The number of urea groups is 1. The number of rotatable bonds is 2. The molecule has 3 N–H and O–H groups in total. The van der Waals surface area contributed by atoms with Crippen molar-refractivity contribution in [3.8, 4) is 0 Å². The topological polar surface area (TPSA) is 61.4 Å². The van der Waals surface area contributed by atoms with Gasteiger partial charge < -0.3 is 5.32 Å². The number of hydrogen-bond donors (Lipinski definition) is 3. The molecule has 0 aliphatic heterocycles. The van der Waals surface area contributed by atoms with E-state index in [2.05, 4.69) is 11.9 Å². The summed E-state index contributed by atoms with van der Waals surface area (Å²) >= 11 is 0. The molecule has 0 radical (unpaired) electrons. The van der Waals surface area contributed by atoms with E-state index >= 15 is 0 Å². The van der Waals surface area contributed by atoms with Gasteiger partial charge in [0.05, 0.1) is 0 Å². The Balaban J connectivity index is 3.11. The minimum absolute atomic E-state index is 0.354. The highest BCUT2D eigenvalue weighted by molar-refractivity contribution is 5.72. The smallest absolute Gasteiger partial charge is 0.333 e. The van der Waals surface area contributed by atoms with E-state index in [0.717, 1.165) is 0 Å². The van der Waals surface area contributed by atoms with Gasteiger partial charge in [0, 0.05) is 6.54 Å². The molecule has 0 saturated heterocycles. The summed E-state index contributed by atoms with van der Waals surface area (Å²) in [6.07, 6.45) is 1.51. The molecule has 0 atom stereocenters. The molecule has 0 aromatic heterocycles. The number of carbonyl (C=O) groups excluding carboxylic acids is 1. The summed E-state index contributed by atoms with van der Waals surface area (Å²) in [5.41, 5.74) is 1.40. The van der Waals surface area contributed by atoms with E-state index in [1.807, 2.05) is 0 Å². The van der Waals surface area contributed by atoms with E-state index in [-0.39, 0.29) is 0 Å². The van der Waals surface area contributed by atoms with Gasteiger partial charge in [-0.2, -0.15) is 0 Å². The molecule has 0 heterocycles. The minimum atomic E-state index is -0.620. The van der Waals surface area contributed by atoms with Crippen LogP contribution in [0.15, 0.2) is 12.7 Å². The highest BCUT2D eigenvalue weighted by atomic mass is 16.5. The van der Waals surface area contributed by atoms with Gasteiger partial charge in [-0.3, -0.25) is 5.21 Å². The van der Waals surface area contributed by atoms with Crippen molar-refractivity contribution >= 4 is 6.03 Å². The largest absolute Gasteiger partial charge is 0.338 e. The van der Waals surface area contributed by atoms with Crippen molar-refractivity contribution in [3.63, 3.8) is 0 Å². The number of amides is 2. The normalized spacial score (nSPS) is 7.62. The van der Waals surface area contributed by atoms with Gasteiger partial charge in [0.15, 0.2) is 0 Å². The van der Waals surface area contributed by atoms with Crippen molar-refractivity contribution in [2.75, 3.05) is 6.54 Å². The Morgan fingerprint density at radius 1 is 1.88 bits per heavy atom. The lowest BCUT2D eigenvalue weighted by atomic mass is 10.6. The monoisotopic (exact) mass is 116 g/mol. The fraction of sp³-hybridized carbons (Fsp3) is 0.250. The van der Waals surface area contributed by atoms with E-state index in [9.17, 15) is 4.79 Å². The molecule has 4 heteroatoms. The second-order valence-corrected chi connectivity index (χ2v) is 1.11. The van der Waals surface area contributed by atoms with Crippen molar-refractivity contribution in [2.24, 2.45) is 0 Å². The van der Waals surface area contributed by atoms with Crippen molar-refractivity contribution in [1.29, 1.82) is 0 Å². The Kier molecular flexibility index (Phi) is 3.60. The van der Waals surface area contributed by atoms with Crippen LogP contribution in [0.5, 0.6) is 0 Å². The van der Waals surface area contributed by atoms with Crippen LogP contribution in [0, 0.1) is 0 Å². The van der Waals surface area contributed by atoms with Gasteiger partial charge in [-0.25, -0.2) is 10.3 Å². The average Bonchev–Trinajstić information content (AvgIpc) is 1.83. The van der Waals surface area contributed by atoms with E-state index < -0.39 is 6.03 Å². The third-order valence-corrected chi connectivity index (χ3v) is 0.509. The fourth-order valence-corrected chi connectivity index (χ4v) is 0.204. The SMILES string of the molecule is C=CCNC(=O)NO. The quantitative estimate of drug-likeness (QED) is 0.267. The molecular formula is C4H8N2O2. The van der Waals surface area contributed by atoms with Crippen LogP contribution in [0.25, 0.3) is 0 Å². The van der Waals surface area contributed by atoms with Crippen LogP contribution in [0.2, 0.25) is 0 Å². The van der Waals surface area contributed by atoms with Crippen molar-refractivity contribution < 1.29 is 10.0 Å².